The third-order valence-electron chi connectivity index (χ3n) is 3.27. The van der Waals surface area contributed by atoms with Gasteiger partial charge in [-0.3, -0.25) is 4.79 Å². The largest absolute Gasteiger partial charge is 0.496 e. The number of hydrogen-bond donors (Lipinski definition) is 1. The SMILES string of the molecule is COc1ccc(C(=O)OCC(=O)NC[C@H]2CCCO2)cc1Br. The molecular formula is C15H18BrNO5. The highest BCUT2D eigenvalue weighted by Gasteiger charge is 2.17. The lowest BCUT2D eigenvalue weighted by Crippen LogP contribution is -2.34. The number of hydrogen-bond acceptors (Lipinski definition) is 5. The minimum absolute atomic E-state index is 0.0668. The van der Waals surface area contributed by atoms with Gasteiger partial charge < -0.3 is 19.5 Å². The number of carbonyl (C=O) groups is 2. The molecule has 0 radical (unpaired) electrons. The van der Waals surface area contributed by atoms with Gasteiger partial charge in [0.15, 0.2) is 6.61 Å². The fourth-order valence-corrected chi connectivity index (χ4v) is 2.63. The highest BCUT2D eigenvalue weighted by Crippen LogP contribution is 2.25. The normalized spacial score (nSPS) is 17.1. The van der Waals surface area contributed by atoms with Crippen molar-refractivity contribution in [2.45, 2.75) is 18.9 Å². The number of esters is 1. The molecule has 1 aliphatic rings. The number of nitrogens with one attached hydrogen (secondary N) is 1. The van der Waals surface area contributed by atoms with E-state index in [0.717, 1.165) is 19.4 Å². The van der Waals surface area contributed by atoms with E-state index in [1.54, 1.807) is 18.2 Å². The van der Waals surface area contributed by atoms with E-state index in [-0.39, 0.29) is 18.6 Å². The van der Waals surface area contributed by atoms with Crippen molar-refractivity contribution in [2.75, 3.05) is 26.9 Å². The van der Waals surface area contributed by atoms with E-state index < -0.39 is 5.97 Å². The Hall–Kier alpha value is -1.60. The standard InChI is InChI=1S/C15H18BrNO5/c1-20-13-5-4-10(7-12(13)16)15(19)22-9-14(18)17-8-11-3-2-6-21-11/h4-5,7,11H,2-3,6,8-9H2,1H3,(H,17,18)/t11-/m1/s1. The molecule has 120 valence electrons. The van der Waals surface area contributed by atoms with Crippen LogP contribution in [0.25, 0.3) is 0 Å². The van der Waals surface area contributed by atoms with Gasteiger partial charge >= 0.3 is 5.97 Å². The van der Waals surface area contributed by atoms with Crippen molar-refractivity contribution in [1.82, 2.24) is 5.32 Å². The molecule has 0 saturated carbocycles. The van der Waals surface area contributed by atoms with E-state index in [2.05, 4.69) is 21.2 Å². The van der Waals surface area contributed by atoms with E-state index in [0.29, 0.717) is 22.3 Å². The van der Waals surface area contributed by atoms with Gasteiger partial charge in [0.2, 0.25) is 0 Å². The molecule has 0 unspecified atom stereocenters. The van der Waals surface area contributed by atoms with Crippen molar-refractivity contribution in [3.05, 3.63) is 28.2 Å². The molecule has 0 bridgehead atoms. The van der Waals surface area contributed by atoms with Crippen LogP contribution in [0, 0.1) is 0 Å². The molecule has 0 aromatic heterocycles. The topological polar surface area (TPSA) is 73.9 Å². The average Bonchev–Trinajstić information content (AvgIpc) is 3.03. The molecule has 7 heteroatoms. The van der Waals surface area contributed by atoms with Crippen molar-refractivity contribution < 1.29 is 23.8 Å². The molecule has 2 rings (SSSR count). The molecule has 1 heterocycles. The summed E-state index contributed by atoms with van der Waals surface area (Å²) in [6, 6.07) is 4.82. The van der Waals surface area contributed by atoms with Gasteiger partial charge in [0.25, 0.3) is 5.91 Å². The number of benzene rings is 1. The molecule has 1 fully saturated rings. The van der Waals surface area contributed by atoms with Gasteiger partial charge in [-0.05, 0) is 47.0 Å². The van der Waals surface area contributed by atoms with Crippen molar-refractivity contribution in [3.8, 4) is 5.75 Å². The number of ether oxygens (including phenoxy) is 3. The zero-order valence-electron chi connectivity index (χ0n) is 12.3. The lowest BCUT2D eigenvalue weighted by Gasteiger charge is -2.11. The van der Waals surface area contributed by atoms with E-state index >= 15 is 0 Å². The molecule has 1 saturated heterocycles. The first kappa shape index (κ1) is 16.8. The number of amides is 1. The van der Waals surface area contributed by atoms with Crippen LogP contribution < -0.4 is 10.1 Å². The molecule has 6 nitrogen and oxygen atoms in total. The second-order valence-electron chi connectivity index (χ2n) is 4.86. The van der Waals surface area contributed by atoms with E-state index in [4.69, 9.17) is 14.2 Å². The summed E-state index contributed by atoms with van der Waals surface area (Å²) in [7, 11) is 1.54. The second kappa shape index (κ2) is 8.14. The molecule has 1 amide bonds. The van der Waals surface area contributed by atoms with Crippen molar-refractivity contribution in [2.24, 2.45) is 0 Å². The summed E-state index contributed by atoms with van der Waals surface area (Å²) in [5.74, 6) is -0.280. The molecule has 1 N–H and O–H groups in total. The number of carbonyl (C=O) groups excluding carboxylic acids is 2. The fourth-order valence-electron chi connectivity index (χ4n) is 2.09. The van der Waals surface area contributed by atoms with Crippen LogP contribution in [0.4, 0.5) is 0 Å². The van der Waals surface area contributed by atoms with Crippen LogP contribution in [0.15, 0.2) is 22.7 Å². The Morgan fingerprint density at radius 2 is 2.27 bits per heavy atom. The Balaban J connectivity index is 1.76. The Morgan fingerprint density at radius 1 is 1.45 bits per heavy atom. The minimum atomic E-state index is -0.560. The van der Waals surface area contributed by atoms with Crippen molar-refractivity contribution in [1.29, 1.82) is 0 Å². The van der Waals surface area contributed by atoms with Gasteiger partial charge in [-0.1, -0.05) is 0 Å². The molecule has 1 atom stereocenters. The highest BCUT2D eigenvalue weighted by molar-refractivity contribution is 9.10. The smallest absolute Gasteiger partial charge is 0.338 e. The second-order valence-corrected chi connectivity index (χ2v) is 5.72. The summed E-state index contributed by atoms with van der Waals surface area (Å²) in [6.45, 7) is 0.877. The fraction of sp³-hybridized carbons (Fsp3) is 0.467. The maximum atomic E-state index is 11.9. The van der Waals surface area contributed by atoms with Crippen LogP contribution in [0.2, 0.25) is 0 Å². The van der Waals surface area contributed by atoms with Gasteiger partial charge in [-0.15, -0.1) is 0 Å². The highest BCUT2D eigenvalue weighted by atomic mass is 79.9. The quantitative estimate of drug-likeness (QED) is 0.773. The molecule has 1 aromatic rings. The third-order valence-corrected chi connectivity index (χ3v) is 3.89. The van der Waals surface area contributed by atoms with E-state index in [9.17, 15) is 9.59 Å². The number of rotatable bonds is 6. The number of methoxy groups -OCH3 is 1. The Bertz CT molecular complexity index is 543. The van der Waals surface area contributed by atoms with Crippen molar-refractivity contribution >= 4 is 27.8 Å². The van der Waals surface area contributed by atoms with Crippen molar-refractivity contribution in [3.63, 3.8) is 0 Å². The zero-order valence-corrected chi connectivity index (χ0v) is 13.9. The van der Waals surface area contributed by atoms with Gasteiger partial charge in [0.05, 0.1) is 23.2 Å². The molecule has 0 spiro atoms. The first-order valence-corrected chi connectivity index (χ1v) is 7.78. The summed E-state index contributed by atoms with van der Waals surface area (Å²) >= 11 is 3.29. The van der Waals surface area contributed by atoms with Gasteiger partial charge in [-0.2, -0.15) is 0 Å². The lowest BCUT2D eigenvalue weighted by atomic mass is 10.2. The molecule has 22 heavy (non-hydrogen) atoms. The van der Waals surface area contributed by atoms with Crippen LogP contribution in [0.3, 0.4) is 0 Å². The summed E-state index contributed by atoms with van der Waals surface area (Å²) < 4.78 is 16.1. The first-order chi connectivity index (χ1) is 10.6. The predicted octanol–water partition coefficient (Wildman–Crippen LogP) is 1.91. The first-order valence-electron chi connectivity index (χ1n) is 6.99. The van der Waals surface area contributed by atoms with Crippen LogP contribution in [0.1, 0.15) is 23.2 Å². The van der Waals surface area contributed by atoms with Gasteiger partial charge in [0, 0.05) is 13.2 Å². The minimum Gasteiger partial charge on any atom is -0.496 e. The lowest BCUT2D eigenvalue weighted by molar-refractivity contribution is -0.124. The molecular weight excluding hydrogens is 354 g/mol. The monoisotopic (exact) mass is 371 g/mol. The maximum Gasteiger partial charge on any atom is 0.338 e. The molecule has 0 aliphatic carbocycles. The summed E-state index contributed by atoms with van der Waals surface area (Å²) in [5, 5.41) is 2.69. The van der Waals surface area contributed by atoms with E-state index in [1.165, 1.54) is 7.11 Å². The molecule has 1 aromatic carbocycles. The Labute approximate surface area is 137 Å². The van der Waals surface area contributed by atoms with E-state index in [1.807, 2.05) is 0 Å². The number of halogens is 1. The van der Waals surface area contributed by atoms with Crippen LogP contribution >= 0.6 is 15.9 Å². The van der Waals surface area contributed by atoms with Crippen LogP contribution in [0.5, 0.6) is 5.75 Å². The zero-order chi connectivity index (χ0) is 15.9. The maximum absolute atomic E-state index is 11.9. The van der Waals surface area contributed by atoms with Crippen LogP contribution in [-0.2, 0) is 14.3 Å². The van der Waals surface area contributed by atoms with Crippen LogP contribution in [-0.4, -0.2) is 44.8 Å². The Kier molecular flexibility index (Phi) is 6.21. The third kappa shape index (κ3) is 4.71. The van der Waals surface area contributed by atoms with Gasteiger partial charge in [0.1, 0.15) is 5.75 Å². The summed E-state index contributed by atoms with van der Waals surface area (Å²) in [4.78, 5) is 23.5. The summed E-state index contributed by atoms with van der Waals surface area (Å²) in [5.41, 5.74) is 0.347. The molecule has 1 aliphatic heterocycles. The van der Waals surface area contributed by atoms with Gasteiger partial charge in [-0.25, -0.2) is 4.79 Å². The Morgan fingerprint density at radius 3 is 2.91 bits per heavy atom. The summed E-state index contributed by atoms with van der Waals surface area (Å²) in [6.07, 6.45) is 2.03. The predicted molar refractivity (Wildman–Crippen MR) is 83.0 cm³/mol. The average molecular weight is 372 g/mol.